The highest BCUT2D eigenvalue weighted by molar-refractivity contribution is 5.76. The Morgan fingerprint density at radius 3 is 2.72 bits per heavy atom. The Balaban J connectivity index is 1.41. The molecule has 3 aromatic rings. The Morgan fingerprint density at radius 2 is 1.97 bits per heavy atom. The van der Waals surface area contributed by atoms with Gasteiger partial charge in [-0.25, -0.2) is 9.50 Å². The van der Waals surface area contributed by atoms with E-state index in [9.17, 15) is 4.79 Å². The molecule has 1 unspecified atom stereocenters. The fraction of sp³-hybridized carbons (Fsp3) is 0.435. The number of aromatic nitrogens is 3. The van der Waals surface area contributed by atoms with Gasteiger partial charge < -0.3 is 10.1 Å². The second-order valence-corrected chi connectivity index (χ2v) is 7.44. The number of benzene rings is 1. The summed E-state index contributed by atoms with van der Waals surface area (Å²) >= 11 is 0. The molecule has 6 nitrogen and oxygen atoms in total. The van der Waals surface area contributed by atoms with Gasteiger partial charge in [0.1, 0.15) is 0 Å². The fourth-order valence-corrected chi connectivity index (χ4v) is 3.51. The average molecular weight is 395 g/mol. The number of nitrogens with one attached hydrogen (secondary N) is 1. The summed E-state index contributed by atoms with van der Waals surface area (Å²) in [6.45, 7) is 9.27. The van der Waals surface area contributed by atoms with Crippen molar-refractivity contribution in [2.75, 3.05) is 13.2 Å². The zero-order valence-electron chi connectivity index (χ0n) is 17.7. The van der Waals surface area contributed by atoms with E-state index in [1.165, 1.54) is 5.56 Å². The summed E-state index contributed by atoms with van der Waals surface area (Å²) < 4.78 is 7.71. The summed E-state index contributed by atoms with van der Waals surface area (Å²) in [4.78, 5) is 16.8. The number of fused-ring (bicyclic) bond motifs is 1. The van der Waals surface area contributed by atoms with Crippen molar-refractivity contribution in [3.63, 3.8) is 0 Å². The summed E-state index contributed by atoms with van der Waals surface area (Å²) in [5.41, 5.74) is 6.08. The van der Waals surface area contributed by atoms with Crippen molar-refractivity contribution >= 4 is 11.6 Å². The molecule has 29 heavy (non-hydrogen) atoms. The van der Waals surface area contributed by atoms with Crippen LogP contribution in [0, 0.1) is 20.8 Å². The highest BCUT2D eigenvalue weighted by Gasteiger charge is 2.13. The highest BCUT2D eigenvalue weighted by atomic mass is 16.5. The fourth-order valence-electron chi connectivity index (χ4n) is 3.51. The molecular formula is C23H30N4O2. The summed E-state index contributed by atoms with van der Waals surface area (Å²) in [7, 11) is 0. The number of rotatable bonds is 9. The van der Waals surface area contributed by atoms with Gasteiger partial charge in [-0.2, -0.15) is 5.10 Å². The molecule has 154 valence electrons. The zero-order chi connectivity index (χ0) is 20.8. The lowest BCUT2D eigenvalue weighted by Gasteiger charge is -2.14. The lowest BCUT2D eigenvalue weighted by atomic mass is 10.1. The van der Waals surface area contributed by atoms with Gasteiger partial charge in [0.05, 0.1) is 11.8 Å². The number of carbonyl (C=O) groups excluding carboxylic acids is 1. The predicted molar refractivity (Wildman–Crippen MR) is 114 cm³/mol. The second kappa shape index (κ2) is 9.65. The summed E-state index contributed by atoms with van der Waals surface area (Å²) in [5.74, 6) is 0.0525. The van der Waals surface area contributed by atoms with Gasteiger partial charge >= 0.3 is 0 Å². The Kier molecular flexibility index (Phi) is 6.99. The van der Waals surface area contributed by atoms with Crippen molar-refractivity contribution < 1.29 is 9.53 Å². The largest absolute Gasteiger partial charge is 0.374 e. The Bertz CT molecular complexity index is 966. The number of ether oxygens (including phenoxy) is 1. The maximum atomic E-state index is 12.2. The van der Waals surface area contributed by atoms with Crippen molar-refractivity contribution in [1.82, 2.24) is 19.9 Å². The first-order valence-corrected chi connectivity index (χ1v) is 10.2. The molecule has 0 spiro atoms. The van der Waals surface area contributed by atoms with Gasteiger partial charge in [-0.1, -0.05) is 30.3 Å². The van der Waals surface area contributed by atoms with Gasteiger partial charge in [0, 0.05) is 37.0 Å². The molecule has 0 aliphatic heterocycles. The first-order valence-electron chi connectivity index (χ1n) is 10.2. The monoisotopic (exact) mass is 394 g/mol. The summed E-state index contributed by atoms with van der Waals surface area (Å²) in [6.07, 6.45) is 1.95. The van der Waals surface area contributed by atoms with Crippen LogP contribution in [-0.2, 0) is 16.0 Å². The highest BCUT2D eigenvalue weighted by Crippen LogP contribution is 2.17. The van der Waals surface area contributed by atoms with E-state index in [0.717, 1.165) is 34.7 Å². The topological polar surface area (TPSA) is 68.5 Å². The third-order valence-electron chi connectivity index (χ3n) is 5.17. The van der Waals surface area contributed by atoms with Crippen LogP contribution in [-0.4, -0.2) is 33.7 Å². The normalized spacial score (nSPS) is 12.3. The van der Waals surface area contributed by atoms with E-state index in [2.05, 4.69) is 27.5 Å². The molecule has 1 atom stereocenters. The number of carbonyl (C=O) groups is 1. The first-order chi connectivity index (χ1) is 14.0. The van der Waals surface area contributed by atoms with Crippen LogP contribution in [0.2, 0.25) is 0 Å². The van der Waals surface area contributed by atoms with E-state index >= 15 is 0 Å². The van der Waals surface area contributed by atoms with Crippen molar-refractivity contribution in [3.05, 3.63) is 64.6 Å². The van der Waals surface area contributed by atoms with Gasteiger partial charge in [-0.05, 0) is 51.7 Å². The van der Waals surface area contributed by atoms with E-state index in [4.69, 9.17) is 4.74 Å². The van der Waals surface area contributed by atoms with Crippen molar-refractivity contribution in [3.8, 4) is 0 Å². The van der Waals surface area contributed by atoms with Gasteiger partial charge in [-0.15, -0.1) is 0 Å². The number of amides is 1. The molecule has 6 heteroatoms. The molecule has 0 saturated carbocycles. The second-order valence-electron chi connectivity index (χ2n) is 7.44. The van der Waals surface area contributed by atoms with E-state index in [1.807, 2.05) is 56.5 Å². The van der Waals surface area contributed by atoms with Crippen LogP contribution in [0.3, 0.4) is 0 Å². The number of nitrogens with zero attached hydrogens (tertiary/aromatic N) is 3. The molecule has 1 aromatic carbocycles. The smallest absolute Gasteiger partial charge is 0.220 e. The lowest BCUT2D eigenvalue weighted by molar-refractivity contribution is -0.121. The Hall–Kier alpha value is -2.73. The lowest BCUT2D eigenvalue weighted by Crippen LogP contribution is -2.26. The van der Waals surface area contributed by atoms with Crippen LogP contribution >= 0.6 is 0 Å². The molecule has 3 rings (SSSR count). The van der Waals surface area contributed by atoms with E-state index < -0.39 is 0 Å². The van der Waals surface area contributed by atoms with Crippen molar-refractivity contribution in [1.29, 1.82) is 0 Å². The number of hydrogen-bond acceptors (Lipinski definition) is 4. The number of aryl methyl sites for hydroxylation is 3. The molecule has 1 amide bonds. The van der Waals surface area contributed by atoms with Gasteiger partial charge in [0.2, 0.25) is 5.91 Å². The molecule has 2 aromatic heterocycles. The minimum atomic E-state index is 0.0525. The van der Waals surface area contributed by atoms with E-state index in [-0.39, 0.29) is 12.0 Å². The SMILES string of the molecule is Cc1cc2nc(C)c(CCC(=O)NCCCOC(C)c3ccccc3)c(C)n2n1. The minimum Gasteiger partial charge on any atom is -0.374 e. The molecule has 1 N–H and O–H groups in total. The molecule has 2 heterocycles. The first kappa shape index (κ1) is 21.0. The third-order valence-corrected chi connectivity index (χ3v) is 5.17. The van der Waals surface area contributed by atoms with Crippen LogP contribution in [0.4, 0.5) is 0 Å². The standard InChI is InChI=1S/C23H30N4O2/c1-16-15-22-25-17(2)21(18(3)27(22)26-16)11-12-23(28)24-13-8-14-29-19(4)20-9-6-5-7-10-20/h5-7,9-10,15,19H,8,11-14H2,1-4H3,(H,24,28). The minimum absolute atomic E-state index is 0.0525. The third kappa shape index (κ3) is 5.41. The van der Waals surface area contributed by atoms with E-state index in [1.54, 1.807) is 0 Å². The van der Waals surface area contributed by atoms with Crippen LogP contribution in [0.5, 0.6) is 0 Å². The summed E-state index contributed by atoms with van der Waals surface area (Å²) in [5, 5.41) is 7.47. The maximum Gasteiger partial charge on any atom is 0.220 e. The molecule has 0 bridgehead atoms. The molecule has 0 fully saturated rings. The summed E-state index contributed by atoms with van der Waals surface area (Å²) in [6, 6.07) is 12.1. The van der Waals surface area contributed by atoms with Crippen molar-refractivity contribution in [2.45, 2.75) is 53.1 Å². The van der Waals surface area contributed by atoms with Crippen LogP contribution in [0.15, 0.2) is 36.4 Å². The number of hydrogen-bond donors (Lipinski definition) is 1. The van der Waals surface area contributed by atoms with Crippen LogP contribution in [0.1, 0.15) is 54.1 Å². The van der Waals surface area contributed by atoms with Gasteiger partial charge in [0.15, 0.2) is 5.65 Å². The Morgan fingerprint density at radius 1 is 1.21 bits per heavy atom. The Labute approximate surface area is 172 Å². The predicted octanol–water partition coefficient (Wildman–Crippen LogP) is 3.87. The van der Waals surface area contributed by atoms with Gasteiger partial charge in [-0.3, -0.25) is 4.79 Å². The zero-order valence-corrected chi connectivity index (χ0v) is 17.7. The van der Waals surface area contributed by atoms with Crippen LogP contribution < -0.4 is 5.32 Å². The van der Waals surface area contributed by atoms with Gasteiger partial charge in [0.25, 0.3) is 0 Å². The molecule has 0 saturated heterocycles. The molecule has 0 radical (unpaired) electrons. The molecular weight excluding hydrogens is 364 g/mol. The van der Waals surface area contributed by atoms with Crippen molar-refractivity contribution in [2.24, 2.45) is 0 Å². The quantitative estimate of drug-likeness (QED) is 0.560. The van der Waals surface area contributed by atoms with Crippen LogP contribution in [0.25, 0.3) is 5.65 Å². The molecule has 0 aliphatic carbocycles. The average Bonchev–Trinajstić information content (AvgIpc) is 3.08. The molecule has 0 aliphatic rings. The van der Waals surface area contributed by atoms with E-state index in [0.29, 0.717) is 26.0 Å². The maximum absolute atomic E-state index is 12.2.